The lowest BCUT2D eigenvalue weighted by Gasteiger charge is -2.33. The van der Waals surface area contributed by atoms with Crippen LogP contribution in [0.3, 0.4) is 0 Å². The van der Waals surface area contributed by atoms with Crippen molar-refractivity contribution in [3.63, 3.8) is 0 Å². The summed E-state index contributed by atoms with van der Waals surface area (Å²) in [6.45, 7) is 1.62. The lowest BCUT2D eigenvalue weighted by molar-refractivity contribution is 0.0934. The molecule has 28 heavy (non-hydrogen) atoms. The van der Waals surface area contributed by atoms with Gasteiger partial charge in [-0.25, -0.2) is 9.97 Å². The highest BCUT2D eigenvalue weighted by atomic mass is 16.1. The molecule has 4 rings (SSSR count). The van der Waals surface area contributed by atoms with E-state index in [4.69, 9.17) is 0 Å². The van der Waals surface area contributed by atoms with Crippen molar-refractivity contribution in [1.29, 1.82) is 0 Å². The molecule has 1 aliphatic heterocycles. The highest BCUT2D eigenvalue weighted by molar-refractivity contribution is 6.00. The predicted molar refractivity (Wildman–Crippen MR) is 111 cm³/mol. The van der Waals surface area contributed by atoms with Gasteiger partial charge in [-0.2, -0.15) is 0 Å². The molecule has 0 unspecified atom stereocenters. The second-order valence-electron chi connectivity index (χ2n) is 6.84. The lowest BCUT2D eigenvalue weighted by atomic mass is 10.0. The molecule has 2 N–H and O–H groups in total. The summed E-state index contributed by atoms with van der Waals surface area (Å²) >= 11 is 0. The van der Waals surface area contributed by atoms with Crippen LogP contribution in [0.5, 0.6) is 0 Å². The Kier molecular flexibility index (Phi) is 5.47. The minimum absolute atomic E-state index is 0.0647. The Bertz CT molecular complexity index is 916. The highest BCUT2D eigenvalue weighted by Gasteiger charge is 2.24. The second kappa shape index (κ2) is 8.52. The number of nitrogens with zero attached hydrogens (tertiary/aromatic N) is 3. The van der Waals surface area contributed by atoms with Crippen LogP contribution in [0.2, 0.25) is 0 Å². The van der Waals surface area contributed by atoms with Gasteiger partial charge < -0.3 is 15.5 Å². The maximum Gasteiger partial charge on any atom is 0.253 e. The van der Waals surface area contributed by atoms with Crippen molar-refractivity contribution in [3.8, 4) is 0 Å². The molecular weight excluding hydrogens is 350 g/mol. The van der Waals surface area contributed by atoms with Crippen LogP contribution < -0.4 is 15.5 Å². The fourth-order valence-electron chi connectivity index (χ4n) is 3.46. The van der Waals surface area contributed by atoms with Gasteiger partial charge in [0.25, 0.3) is 5.91 Å². The van der Waals surface area contributed by atoms with Gasteiger partial charge in [0.15, 0.2) is 0 Å². The molecule has 1 saturated heterocycles. The molecule has 1 aliphatic rings. The lowest BCUT2D eigenvalue weighted by Crippen LogP contribution is -2.48. The molecule has 2 aromatic carbocycles. The van der Waals surface area contributed by atoms with Crippen molar-refractivity contribution in [2.75, 3.05) is 23.3 Å². The average molecular weight is 373 g/mol. The van der Waals surface area contributed by atoms with Crippen molar-refractivity contribution in [2.24, 2.45) is 0 Å². The third kappa shape index (κ3) is 4.28. The van der Waals surface area contributed by atoms with E-state index in [1.807, 2.05) is 60.7 Å². The quantitative estimate of drug-likeness (QED) is 0.715. The van der Waals surface area contributed by atoms with Crippen LogP contribution in [0.4, 0.5) is 17.3 Å². The standard InChI is InChI=1S/C22H23N5O/c28-21(19-11-4-5-12-20(19)25-17-8-2-1-3-9-17)26-18-10-6-15-27(16-18)22-23-13-7-14-24-22/h1-5,7-9,11-14,18,25H,6,10,15-16H2,(H,26,28)/t18-/m1/s1. The molecule has 1 atom stereocenters. The third-order valence-electron chi connectivity index (χ3n) is 4.82. The topological polar surface area (TPSA) is 70.2 Å². The summed E-state index contributed by atoms with van der Waals surface area (Å²) < 4.78 is 0. The molecule has 1 amide bonds. The Morgan fingerprint density at radius 2 is 1.71 bits per heavy atom. The number of rotatable bonds is 5. The monoisotopic (exact) mass is 373 g/mol. The Balaban J connectivity index is 1.45. The van der Waals surface area contributed by atoms with Gasteiger partial charge in [0.2, 0.25) is 5.95 Å². The van der Waals surface area contributed by atoms with Crippen molar-refractivity contribution < 1.29 is 4.79 Å². The number of carbonyl (C=O) groups is 1. The normalized spacial score (nSPS) is 16.4. The van der Waals surface area contributed by atoms with Crippen LogP contribution in [0.1, 0.15) is 23.2 Å². The van der Waals surface area contributed by atoms with Gasteiger partial charge in [-0.15, -0.1) is 0 Å². The van der Waals surface area contributed by atoms with Gasteiger partial charge in [0.1, 0.15) is 0 Å². The van der Waals surface area contributed by atoms with Crippen LogP contribution in [-0.4, -0.2) is 35.0 Å². The van der Waals surface area contributed by atoms with E-state index in [0.29, 0.717) is 18.1 Å². The number of para-hydroxylation sites is 2. The molecule has 0 spiro atoms. The summed E-state index contributed by atoms with van der Waals surface area (Å²) in [6.07, 6.45) is 5.43. The second-order valence-corrected chi connectivity index (χ2v) is 6.84. The van der Waals surface area contributed by atoms with Crippen molar-refractivity contribution in [2.45, 2.75) is 18.9 Å². The molecule has 0 bridgehead atoms. The van der Waals surface area contributed by atoms with E-state index in [-0.39, 0.29) is 11.9 Å². The van der Waals surface area contributed by atoms with Crippen LogP contribution in [-0.2, 0) is 0 Å². The zero-order chi connectivity index (χ0) is 19.2. The molecule has 6 nitrogen and oxygen atoms in total. The molecule has 6 heteroatoms. The fraction of sp³-hybridized carbons (Fsp3) is 0.227. The van der Waals surface area contributed by atoms with E-state index in [2.05, 4.69) is 25.5 Å². The van der Waals surface area contributed by atoms with Crippen LogP contribution in [0, 0.1) is 0 Å². The van der Waals surface area contributed by atoms with Gasteiger partial charge in [-0.3, -0.25) is 4.79 Å². The predicted octanol–water partition coefficient (Wildman–Crippen LogP) is 3.62. The number of piperidine rings is 1. The van der Waals surface area contributed by atoms with E-state index < -0.39 is 0 Å². The van der Waals surface area contributed by atoms with Crippen LogP contribution in [0.15, 0.2) is 73.1 Å². The van der Waals surface area contributed by atoms with E-state index in [1.165, 1.54) is 0 Å². The number of aromatic nitrogens is 2. The summed E-state index contributed by atoms with van der Waals surface area (Å²) in [4.78, 5) is 23.7. The van der Waals surface area contributed by atoms with Gasteiger partial charge in [0, 0.05) is 37.2 Å². The van der Waals surface area contributed by atoms with Crippen LogP contribution >= 0.6 is 0 Å². The zero-order valence-corrected chi connectivity index (χ0v) is 15.6. The largest absolute Gasteiger partial charge is 0.355 e. The summed E-state index contributed by atoms with van der Waals surface area (Å²) in [7, 11) is 0. The maximum atomic E-state index is 13.0. The van der Waals surface area contributed by atoms with Gasteiger partial charge in [0.05, 0.1) is 11.3 Å². The van der Waals surface area contributed by atoms with E-state index in [9.17, 15) is 4.79 Å². The number of anilines is 3. The molecule has 0 aliphatic carbocycles. The summed E-state index contributed by atoms with van der Waals surface area (Å²) in [6, 6.07) is 19.3. The first-order valence-electron chi connectivity index (χ1n) is 9.53. The molecule has 0 saturated carbocycles. The minimum Gasteiger partial charge on any atom is -0.355 e. The number of benzene rings is 2. The first kappa shape index (κ1) is 18.0. The molecule has 142 valence electrons. The first-order valence-corrected chi connectivity index (χ1v) is 9.53. The smallest absolute Gasteiger partial charge is 0.253 e. The maximum absolute atomic E-state index is 13.0. The number of carbonyl (C=O) groups excluding carboxylic acids is 1. The molecule has 1 fully saturated rings. The highest BCUT2D eigenvalue weighted by Crippen LogP contribution is 2.22. The van der Waals surface area contributed by atoms with Gasteiger partial charge in [-0.05, 0) is 43.2 Å². The van der Waals surface area contributed by atoms with Crippen molar-refractivity contribution in [1.82, 2.24) is 15.3 Å². The van der Waals surface area contributed by atoms with Gasteiger partial charge >= 0.3 is 0 Å². The average Bonchev–Trinajstić information content (AvgIpc) is 2.76. The summed E-state index contributed by atoms with van der Waals surface area (Å²) in [5.41, 5.74) is 2.39. The number of amides is 1. The van der Waals surface area contributed by atoms with E-state index in [0.717, 1.165) is 30.8 Å². The van der Waals surface area contributed by atoms with E-state index in [1.54, 1.807) is 12.4 Å². The van der Waals surface area contributed by atoms with E-state index >= 15 is 0 Å². The Hall–Kier alpha value is -3.41. The number of nitrogens with one attached hydrogen (secondary N) is 2. The van der Waals surface area contributed by atoms with Crippen molar-refractivity contribution >= 4 is 23.2 Å². The first-order chi connectivity index (χ1) is 13.8. The Labute approximate surface area is 164 Å². The van der Waals surface area contributed by atoms with Gasteiger partial charge in [-0.1, -0.05) is 30.3 Å². The molecular formula is C22H23N5O. The zero-order valence-electron chi connectivity index (χ0n) is 15.6. The Morgan fingerprint density at radius 1 is 0.964 bits per heavy atom. The summed E-state index contributed by atoms with van der Waals surface area (Å²) in [5.74, 6) is 0.646. The van der Waals surface area contributed by atoms with Crippen molar-refractivity contribution in [3.05, 3.63) is 78.6 Å². The molecule has 3 aromatic rings. The van der Waals surface area contributed by atoms with Crippen LogP contribution in [0.25, 0.3) is 0 Å². The number of hydrogen-bond acceptors (Lipinski definition) is 5. The molecule has 1 aromatic heterocycles. The third-order valence-corrected chi connectivity index (χ3v) is 4.82. The molecule has 2 heterocycles. The summed E-state index contributed by atoms with van der Waals surface area (Å²) in [5, 5.41) is 6.52. The Morgan fingerprint density at radius 3 is 2.54 bits per heavy atom. The SMILES string of the molecule is O=C(N[C@@H]1CCCN(c2ncccn2)C1)c1ccccc1Nc1ccccc1. The molecule has 0 radical (unpaired) electrons. The fourth-order valence-corrected chi connectivity index (χ4v) is 3.46. The number of hydrogen-bond donors (Lipinski definition) is 2. The minimum atomic E-state index is -0.0696.